The van der Waals surface area contributed by atoms with Crippen LogP contribution in [0.15, 0.2) is 36.7 Å². The average Bonchev–Trinajstić information content (AvgIpc) is 2.89. The highest BCUT2D eigenvalue weighted by Gasteiger charge is 2.20. The molecular formula is C14H17N3O2. The zero-order valence-electron chi connectivity index (χ0n) is 10.9. The lowest BCUT2D eigenvalue weighted by Crippen LogP contribution is -2.33. The van der Waals surface area contributed by atoms with Crippen LogP contribution >= 0.6 is 0 Å². The molecule has 3 N–H and O–H groups in total. The monoisotopic (exact) mass is 259 g/mol. The van der Waals surface area contributed by atoms with Gasteiger partial charge < -0.3 is 5.11 Å². The summed E-state index contributed by atoms with van der Waals surface area (Å²) in [6.07, 6.45) is 3.50. The SMILES string of the molecule is CC(C)NC(C(=O)O)c1cccc(-c2cn[nH]c2)c1. The zero-order chi connectivity index (χ0) is 13.8. The quantitative estimate of drug-likeness (QED) is 0.769. The Morgan fingerprint density at radius 3 is 2.74 bits per heavy atom. The minimum absolute atomic E-state index is 0.0960. The highest BCUT2D eigenvalue weighted by atomic mass is 16.4. The molecule has 1 unspecified atom stereocenters. The standard InChI is InChI=1S/C14H17N3O2/c1-9(2)17-13(14(18)19)11-5-3-4-10(6-11)12-7-15-16-8-12/h3-9,13,17H,1-2H3,(H,15,16)(H,18,19). The van der Waals surface area contributed by atoms with Gasteiger partial charge >= 0.3 is 5.97 Å². The molecule has 0 aliphatic carbocycles. The first kappa shape index (κ1) is 13.3. The lowest BCUT2D eigenvalue weighted by atomic mass is 10.0. The molecule has 1 atom stereocenters. The van der Waals surface area contributed by atoms with Crippen molar-refractivity contribution >= 4 is 5.97 Å². The molecule has 0 aliphatic heterocycles. The number of aromatic amines is 1. The van der Waals surface area contributed by atoms with Gasteiger partial charge in [-0.2, -0.15) is 5.10 Å². The van der Waals surface area contributed by atoms with Crippen molar-refractivity contribution in [3.05, 3.63) is 42.2 Å². The fraction of sp³-hybridized carbons (Fsp3) is 0.286. The van der Waals surface area contributed by atoms with Crippen molar-refractivity contribution in [1.29, 1.82) is 0 Å². The molecule has 5 heteroatoms. The van der Waals surface area contributed by atoms with Crippen molar-refractivity contribution < 1.29 is 9.90 Å². The number of rotatable bonds is 5. The van der Waals surface area contributed by atoms with E-state index in [9.17, 15) is 9.90 Å². The summed E-state index contributed by atoms with van der Waals surface area (Å²) in [5.74, 6) is -0.877. The third-order valence-corrected chi connectivity index (χ3v) is 2.80. The number of nitrogens with one attached hydrogen (secondary N) is 2. The van der Waals surface area contributed by atoms with Crippen molar-refractivity contribution in [2.45, 2.75) is 25.9 Å². The number of carboxylic acid groups (broad SMARTS) is 1. The average molecular weight is 259 g/mol. The Hall–Kier alpha value is -2.14. The molecule has 100 valence electrons. The van der Waals surface area contributed by atoms with Gasteiger partial charge in [0.05, 0.1) is 6.20 Å². The summed E-state index contributed by atoms with van der Waals surface area (Å²) in [4.78, 5) is 11.4. The first-order valence-electron chi connectivity index (χ1n) is 6.16. The maximum Gasteiger partial charge on any atom is 0.325 e. The van der Waals surface area contributed by atoms with Gasteiger partial charge in [0.25, 0.3) is 0 Å². The van der Waals surface area contributed by atoms with Gasteiger partial charge in [-0.1, -0.05) is 18.2 Å². The van der Waals surface area contributed by atoms with Crippen LogP contribution in [0.3, 0.4) is 0 Å². The molecule has 0 fully saturated rings. The first-order valence-corrected chi connectivity index (χ1v) is 6.16. The number of aliphatic carboxylic acids is 1. The molecule has 1 aromatic heterocycles. The number of H-pyrrole nitrogens is 1. The van der Waals surface area contributed by atoms with E-state index in [4.69, 9.17) is 0 Å². The molecule has 0 saturated heterocycles. The van der Waals surface area contributed by atoms with E-state index >= 15 is 0 Å². The molecule has 2 aromatic rings. The van der Waals surface area contributed by atoms with E-state index < -0.39 is 12.0 Å². The molecule has 0 aliphatic rings. The number of carboxylic acids is 1. The van der Waals surface area contributed by atoms with Crippen molar-refractivity contribution in [2.75, 3.05) is 0 Å². The summed E-state index contributed by atoms with van der Waals surface area (Å²) < 4.78 is 0. The lowest BCUT2D eigenvalue weighted by molar-refractivity contribution is -0.139. The van der Waals surface area contributed by atoms with Crippen LogP contribution in [0.25, 0.3) is 11.1 Å². The van der Waals surface area contributed by atoms with Gasteiger partial charge in [0.15, 0.2) is 0 Å². The minimum Gasteiger partial charge on any atom is -0.480 e. The largest absolute Gasteiger partial charge is 0.480 e. The van der Waals surface area contributed by atoms with E-state index in [0.717, 1.165) is 16.7 Å². The maximum atomic E-state index is 11.4. The minimum atomic E-state index is -0.877. The molecule has 2 rings (SSSR count). The smallest absolute Gasteiger partial charge is 0.325 e. The number of aromatic nitrogens is 2. The van der Waals surface area contributed by atoms with Crippen LogP contribution in [-0.2, 0) is 4.79 Å². The van der Waals surface area contributed by atoms with Crippen LogP contribution in [0.4, 0.5) is 0 Å². The Bertz CT molecular complexity index is 550. The van der Waals surface area contributed by atoms with E-state index in [1.807, 2.05) is 38.1 Å². The van der Waals surface area contributed by atoms with Gasteiger partial charge in [-0.05, 0) is 31.0 Å². The molecule has 19 heavy (non-hydrogen) atoms. The lowest BCUT2D eigenvalue weighted by Gasteiger charge is -2.18. The Morgan fingerprint density at radius 2 is 2.16 bits per heavy atom. The van der Waals surface area contributed by atoms with Crippen LogP contribution in [0.2, 0.25) is 0 Å². The first-order chi connectivity index (χ1) is 9.08. The van der Waals surface area contributed by atoms with E-state index in [2.05, 4.69) is 15.5 Å². The second kappa shape index (κ2) is 5.67. The Kier molecular flexibility index (Phi) is 3.97. The number of carbonyl (C=O) groups is 1. The molecule has 1 heterocycles. The fourth-order valence-corrected chi connectivity index (χ4v) is 1.95. The van der Waals surface area contributed by atoms with Crippen LogP contribution in [0.1, 0.15) is 25.5 Å². The van der Waals surface area contributed by atoms with Crippen LogP contribution in [0.5, 0.6) is 0 Å². The van der Waals surface area contributed by atoms with E-state index in [1.54, 1.807) is 12.4 Å². The molecular weight excluding hydrogens is 242 g/mol. The van der Waals surface area contributed by atoms with E-state index in [-0.39, 0.29) is 6.04 Å². The number of hydrogen-bond acceptors (Lipinski definition) is 3. The summed E-state index contributed by atoms with van der Waals surface area (Å²) in [5.41, 5.74) is 2.62. The van der Waals surface area contributed by atoms with Crippen LogP contribution in [-0.4, -0.2) is 27.3 Å². The molecule has 0 spiro atoms. The van der Waals surface area contributed by atoms with E-state index in [1.165, 1.54) is 0 Å². The van der Waals surface area contributed by atoms with Crippen molar-refractivity contribution in [3.63, 3.8) is 0 Å². The van der Waals surface area contributed by atoms with Gasteiger partial charge in [-0.3, -0.25) is 15.2 Å². The third kappa shape index (κ3) is 3.20. The van der Waals surface area contributed by atoms with Gasteiger partial charge in [-0.15, -0.1) is 0 Å². The molecule has 0 amide bonds. The van der Waals surface area contributed by atoms with Gasteiger partial charge in [0.1, 0.15) is 6.04 Å². The fourth-order valence-electron chi connectivity index (χ4n) is 1.95. The summed E-state index contributed by atoms with van der Waals surface area (Å²) in [5, 5.41) is 19.0. The van der Waals surface area contributed by atoms with Gasteiger partial charge in [0.2, 0.25) is 0 Å². The number of hydrogen-bond donors (Lipinski definition) is 3. The van der Waals surface area contributed by atoms with Gasteiger partial charge in [0, 0.05) is 17.8 Å². The highest BCUT2D eigenvalue weighted by Crippen LogP contribution is 2.22. The third-order valence-electron chi connectivity index (χ3n) is 2.80. The summed E-state index contributed by atoms with van der Waals surface area (Å²) in [6, 6.07) is 6.88. The summed E-state index contributed by atoms with van der Waals surface area (Å²) in [6.45, 7) is 3.85. The molecule has 1 aromatic carbocycles. The number of nitrogens with zero attached hydrogens (tertiary/aromatic N) is 1. The number of benzene rings is 1. The molecule has 0 bridgehead atoms. The topological polar surface area (TPSA) is 78.0 Å². The highest BCUT2D eigenvalue weighted by molar-refractivity contribution is 5.76. The van der Waals surface area contributed by atoms with Crippen molar-refractivity contribution in [2.24, 2.45) is 0 Å². The van der Waals surface area contributed by atoms with Crippen LogP contribution < -0.4 is 5.32 Å². The molecule has 0 saturated carbocycles. The predicted octanol–water partition coefficient (Wildman–Crippen LogP) is 2.20. The van der Waals surface area contributed by atoms with Crippen molar-refractivity contribution in [1.82, 2.24) is 15.5 Å². The summed E-state index contributed by atoms with van der Waals surface area (Å²) >= 11 is 0. The summed E-state index contributed by atoms with van der Waals surface area (Å²) in [7, 11) is 0. The Morgan fingerprint density at radius 1 is 1.37 bits per heavy atom. The van der Waals surface area contributed by atoms with Gasteiger partial charge in [-0.25, -0.2) is 0 Å². The Balaban J connectivity index is 2.33. The second-order valence-corrected chi connectivity index (χ2v) is 4.71. The molecule has 5 nitrogen and oxygen atoms in total. The predicted molar refractivity (Wildman–Crippen MR) is 72.7 cm³/mol. The zero-order valence-corrected chi connectivity index (χ0v) is 10.9. The Labute approximate surface area is 111 Å². The maximum absolute atomic E-state index is 11.4. The normalized spacial score (nSPS) is 12.6. The van der Waals surface area contributed by atoms with Crippen LogP contribution in [0, 0.1) is 0 Å². The van der Waals surface area contributed by atoms with Crippen molar-refractivity contribution in [3.8, 4) is 11.1 Å². The molecule has 0 radical (unpaired) electrons. The van der Waals surface area contributed by atoms with E-state index in [0.29, 0.717) is 0 Å². The second-order valence-electron chi connectivity index (χ2n) is 4.71.